The molecule has 15 heteroatoms. The van der Waals surface area contributed by atoms with Gasteiger partial charge in [-0.2, -0.15) is 35.1 Å². The second-order valence-electron chi connectivity index (χ2n) is 6.52. The number of nitrogens with zero attached hydrogens (tertiary/aromatic N) is 3. The zero-order valence-electron chi connectivity index (χ0n) is 16.8. The first-order valence-corrected chi connectivity index (χ1v) is 10.9. The quantitative estimate of drug-likeness (QED) is 0.287. The summed E-state index contributed by atoms with van der Waals surface area (Å²) < 4.78 is 103. The topological polar surface area (TPSA) is 67.8 Å². The van der Waals surface area contributed by atoms with Gasteiger partial charge >= 0.3 is 18.3 Å². The number of nitrogens with one attached hydrogen (secondary N) is 1. The summed E-state index contributed by atoms with van der Waals surface area (Å²) in [5.41, 5.74) is -0.212. The van der Waals surface area contributed by atoms with Gasteiger partial charge in [-0.15, -0.1) is 22.0 Å². The molecule has 2 heterocycles. The fourth-order valence-electron chi connectivity index (χ4n) is 2.57. The smallest absolute Gasteiger partial charge is 0.295 e. The highest BCUT2D eigenvalue weighted by Gasteiger charge is 2.61. The molecule has 182 valence electrons. The maximum atomic E-state index is 13.4. The van der Waals surface area contributed by atoms with Gasteiger partial charge in [-0.1, -0.05) is 30.4 Å². The summed E-state index contributed by atoms with van der Waals surface area (Å²) >= 11 is 1.03. The van der Waals surface area contributed by atoms with Crippen molar-refractivity contribution in [2.45, 2.75) is 30.1 Å². The minimum Gasteiger partial charge on any atom is -0.295 e. The number of benzene rings is 1. The van der Waals surface area contributed by atoms with Crippen molar-refractivity contribution in [2.75, 3.05) is 11.1 Å². The average molecular weight is 528 g/mol. The van der Waals surface area contributed by atoms with Crippen LogP contribution in [0, 0.1) is 0 Å². The van der Waals surface area contributed by atoms with Gasteiger partial charge in [0.2, 0.25) is 5.13 Å². The molecule has 0 aliphatic heterocycles. The van der Waals surface area contributed by atoms with E-state index in [1.807, 2.05) is 0 Å². The Morgan fingerprint density at radius 2 is 1.65 bits per heavy atom. The molecule has 1 aromatic carbocycles. The minimum absolute atomic E-state index is 0.138. The molecule has 0 unspecified atom stereocenters. The SMILES string of the molecule is CCSc1cc(-c2ccc(C(F)(F)F)cc2)cnc1C(=O)Nc1nnc(C(F)(F)C(F)(F)F)s1. The Morgan fingerprint density at radius 3 is 2.21 bits per heavy atom. The van der Waals surface area contributed by atoms with Gasteiger partial charge in [-0.3, -0.25) is 10.1 Å². The fraction of sp³-hybridized carbons (Fsp3) is 0.263. The predicted molar refractivity (Wildman–Crippen MR) is 109 cm³/mol. The lowest BCUT2D eigenvalue weighted by atomic mass is 10.1. The number of amides is 1. The normalized spacial score (nSPS) is 12.6. The van der Waals surface area contributed by atoms with Crippen molar-refractivity contribution in [3.05, 3.63) is 52.8 Å². The van der Waals surface area contributed by atoms with Crippen LogP contribution >= 0.6 is 23.1 Å². The minimum atomic E-state index is -5.88. The van der Waals surface area contributed by atoms with E-state index in [4.69, 9.17) is 0 Å². The first-order chi connectivity index (χ1) is 15.7. The van der Waals surface area contributed by atoms with Crippen LogP contribution in [0.15, 0.2) is 41.4 Å². The van der Waals surface area contributed by atoms with E-state index in [2.05, 4.69) is 20.5 Å². The third kappa shape index (κ3) is 5.46. The van der Waals surface area contributed by atoms with Crippen molar-refractivity contribution < 1.29 is 39.9 Å². The van der Waals surface area contributed by atoms with Crippen LogP contribution in [0.25, 0.3) is 11.1 Å². The lowest BCUT2D eigenvalue weighted by Crippen LogP contribution is -2.33. The number of halogens is 8. The number of hydrogen-bond acceptors (Lipinski definition) is 6. The van der Waals surface area contributed by atoms with Crippen LogP contribution in [0.4, 0.5) is 40.3 Å². The van der Waals surface area contributed by atoms with Crippen LogP contribution in [0.5, 0.6) is 0 Å². The lowest BCUT2D eigenvalue weighted by molar-refractivity contribution is -0.289. The number of anilines is 1. The molecule has 1 N–H and O–H groups in total. The zero-order valence-corrected chi connectivity index (χ0v) is 18.4. The lowest BCUT2D eigenvalue weighted by Gasteiger charge is -2.15. The van der Waals surface area contributed by atoms with Gasteiger partial charge < -0.3 is 0 Å². The van der Waals surface area contributed by atoms with E-state index in [1.54, 1.807) is 6.92 Å². The molecule has 1 amide bonds. The van der Waals surface area contributed by atoms with Gasteiger partial charge in [-0.25, -0.2) is 4.98 Å². The van der Waals surface area contributed by atoms with Gasteiger partial charge in [0.15, 0.2) is 5.01 Å². The van der Waals surface area contributed by atoms with Crippen molar-refractivity contribution in [2.24, 2.45) is 0 Å². The Hall–Kier alpha value is -2.81. The Labute approximate surface area is 194 Å². The molecule has 2 aromatic heterocycles. The Balaban J connectivity index is 1.85. The molecule has 0 aliphatic carbocycles. The summed E-state index contributed by atoms with van der Waals surface area (Å²) in [7, 11) is 0. The van der Waals surface area contributed by atoms with Crippen LogP contribution in [0.1, 0.15) is 28.0 Å². The van der Waals surface area contributed by atoms with Gasteiger partial charge in [-0.05, 0) is 29.5 Å². The van der Waals surface area contributed by atoms with Crippen molar-refractivity contribution >= 4 is 34.1 Å². The summed E-state index contributed by atoms with van der Waals surface area (Å²) in [6.45, 7) is 1.76. The number of hydrogen-bond donors (Lipinski definition) is 1. The van der Waals surface area contributed by atoms with Crippen molar-refractivity contribution in [3.8, 4) is 11.1 Å². The number of alkyl halides is 8. The molecular weight excluding hydrogens is 516 g/mol. The second kappa shape index (κ2) is 9.44. The molecule has 0 fully saturated rings. The fourth-order valence-corrected chi connectivity index (χ4v) is 4.11. The summed E-state index contributed by atoms with van der Waals surface area (Å²) in [6.07, 6.45) is -9.16. The molecule has 3 rings (SSSR count). The number of aromatic nitrogens is 3. The first kappa shape index (κ1) is 25.8. The van der Waals surface area contributed by atoms with E-state index in [9.17, 15) is 39.9 Å². The molecule has 0 bridgehead atoms. The molecule has 0 saturated heterocycles. The maximum absolute atomic E-state index is 13.4. The third-order valence-corrected chi connectivity index (χ3v) is 6.00. The summed E-state index contributed by atoms with van der Waals surface area (Å²) in [4.78, 5) is 16.9. The number of carbonyl (C=O) groups excluding carboxylic acids is 1. The van der Waals surface area contributed by atoms with Gasteiger partial charge in [0.1, 0.15) is 5.69 Å². The maximum Gasteiger partial charge on any atom is 0.460 e. The zero-order chi connectivity index (χ0) is 25.3. The van der Waals surface area contributed by atoms with Gasteiger partial charge in [0.05, 0.1) is 5.56 Å². The molecule has 0 radical (unpaired) electrons. The molecule has 5 nitrogen and oxygen atoms in total. The third-order valence-electron chi connectivity index (χ3n) is 4.18. The number of thioether (sulfide) groups is 1. The Bertz CT molecular complexity index is 1180. The highest BCUT2D eigenvalue weighted by atomic mass is 32.2. The number of rotatable bonds is 6. The van der Waals surface area contributed by atoms with E-state index in [0.29, 0.717) is 21.8 Å². The van der Waals surface area contributed by atoms with E-state index < -0.39 is 39.9 Å². The standard InChI is InChI=1S/C19H12F8N4OS2/c1-2-33-12-7-10(9-3-5-11(6-4-9)18(22,23)24)8-28-13(12)14(32)29-16-31-30-15(34-16)17(20,21)19(25,26)27/h3-8H,2H2,1H3,(H,29,31,32). The van der Waals surface area contributed by atoms with Crippen molar-refractivity contribution in [1.29, 1.82) is 0 Å². The van der Waals surface area contributed by atoms with Crippen molar-refractivity contribution in [1.82, 2.24) is 15.2 Å². The van der Waals surface area contributed by atoms with E-state index in [0.717, 1.165) is 12.1 Å². The summed E-state index contributed by atoms with van der Waals surface area (Å²) in [5.74, 6) is -5.70. The molecule has 3 aromatic rings. The molecule has 0 saturated carbocycles. The van der Waals surface area contributed by atoms with Crippen LogP contribution in [-0.2, 0) is 12.1 Å². The van der Waals surface area contributed by atoms with Crippen LogP contribution in [0.2, 0.25) is 0 Å². The first-order valence-electron chi connectivity index (χ1n) is 9.14. The average Bonchev–Trinajstić information content (AvgIpc) is 3.22. The van der Waals surface area contributed by atoms with Gasteiger partial charge in [0, 0.05) is 16.7 Å². The Kier molecular flexibility index (Phi) is 7.17. The molecule has 34 heavy (non-hydrogen) atoms. The van der Waals surface area contributed by atoms with Crippen LogP contribution in [-0.4, -0.2) is 33.0 Å². The van der Waals surface area contributed by atoms with Crippen molar-refractivity contribution in [3.63, 3.8) is 0 Å². The highest BCUT2D eigenvalue weighted by Crippen LogP contribution is 2.45. The molecule has 0 atom stereocenters. The Morgan fingerprint density at radius 1 is 1.00 bits per heavy atom. The number of pyridine rings is 1. The largest absolute Gasteiger partial charge is 0.460 e. The van der Waals surface area contributed by atoms with Gasteiger partial charge in [0.25, 0.3) is 5.91 Å². The molecule has 0 aliphatic rings. The van der Waals surface area contributed by atoms with Crippen LogP contribution in [0.3, 0.4) is 0 Å². The van der Waals surface area contributed by atoms with E-state index in [-0.39, 0.29) is 17.0 Å². The monoisotopic (exact) mass is 528 g/mol. The highest BCUT2D eigenvalue weighted by molar-refractivity contribution is 7.99. The van der Waals surface area contributed by atoms with Crippen LogP contribution < -0.4 is 5.32 Å². The van der Waals surface area contributed by atoms with E-state index in [1.165, 1.54) is 36.2 Å². The molecule has 0 spiro atoms. The van der Waals surface area contributed by atoms with E-state index >= 15 is 0 Å². The molecular formula is C19H12F8N4OS2. The second-order valence-corrected chi connectivity index (χ2v) is 8.80. The summed E-state index contributed by atoms with van der Waals surface area (Å²) in [6, 6.07) is 5.77. The summed E-state index contributed by atoms with van der Waals surface area (Å²) in [5, 5.41) is 5.84. The predicted octanol–water partition coefficient (Wildman–Crippen LogP) is 6.64. The number of carbonyl (C=O) groups is 1.